The third-order valence-corrected chi connectivity index (χ3v) is 3.92. The molecule has 1 rings (SSSR count). The minimum absolute atomic E-state index is 0.389. The van der Waals surface area contributed by atoms with Crippen molar-refractivity contribution in [3.8, 4) is 0 Å². The summed E-state index contributed by atoms with van der Waals surface area (Å²) in [5, 5.41) is 0. The topological polar surface area (TPSA) is 17.1 Å². The van der Waals surface area contributed by atoms with Crippen LogP contribution in [0.25, 0.3) is 0 Å². The first-order valence-corrected chi connectivity index (χ1v) is 6.03. The quantitative estimate of drug-likeness (QED) is 0.671. The van der Waals surface area contributed by atoms with E-state index in [0.29, 0.717) is 11.7 Å². The standard InChI is InChI=1S/C10H18OS/c1-3-8(4-2)5-9-6-12-7-10(9)11/h8-9H,3-7H2,1-2H3. The van der Waals surface area contributed by atoms with Crippen LogP contribution >= 0.6 is 11.8 Å². The summed E-state index contributed by atoms with van der Waals surface area (Å²) >= 11 is 1.80. The molecule has 0 aromatic carbocycles. The smallest absolute Gasteiger partial charge is 0.146 e. The fourth-order valence-corrected chi connectivity index (χ4v) is 2.90. The molecule has 12 heavy (non-hydrogen) atoms. The molecule has 1 aliphatic heterocycles. The highest BCUT2D eigenvalue weighted by molar-refractivity contribution is 8.00. The van der Waals surface area contributed by atoms with Crippen molar-refractivity contribution < 1.29 is 4.79 Å². The van der Waals surface area contributed by atoms with Crippen LogP contribution < -0.4 is 0 Å². The van der Waals surface area contributed by atoms with Gasteiger partial charge in [-0.25, -0.2) is 0 Å². The third-order valence-electron chi connectivity index (χ3n) is 2.79. The van der Waals surface area contributed by atoms with Crippen molar-refractivity contribution in [2.75, 3.05) is 11.5 Å². The molecule has 0 aromatic heterocycles. The normalized spacial score (nSPS) is 23.9. The van der Waals surface area contributed by atoms with Crippen LogP contribution in [0.4, 0.5) is 0 Å². The molecule has 70 valence electrons. The van der Waals surface area contributed by atoms with Crippen molar-refractivity contribution in [2.45, 2.75) is 33.1 Å². The lowest BCUT2D eigenvalue weighted by molar-refractivity contribution is -0.119. The van der Waals surface area contributed by atoms with E-state index in [1.807, 2.05) is 0 Å². The molecule has 0 spiro atoms. The molecule has 1 aliphatic rings. The van der Waals surface area contributed by atoms with Gasteiger partial charge >= 0.3 is 0 Å². The van der Waals surface area contributed by atoms with Gasteiger partial charge in [-0.3, -0.25) is 4.79 Å². The largest absolute Gasteiger partial charge is 0.298 e. The summed E-state index contributed by atoms with van der Waals surface area (Å²) in [6.07, 6.45) is 3.59. The molecule has 1 saturated heterocycles. The van der Waals surface area contributed by atoms with E-state index in [-0.39, 0.29) is 0 Å². The van der Waals surface area contributed by atoms with Crippen LogP contribution in [0.1, 0.15) is 33.1 Å². The molecule has 0 aliphatic carbocycles. The van der Waals surface area contributed by atoms with Gasteiger partial charge in [0.25, 0.3) is 0 Å². The minimum atomic E-state index is 0.389. The Bertz CT molecular complexity index is 152. The SMILES string of the molecule is CCC(CC)CC1CSCC1=O. The van der Waals surface area contributed by atoms with Crippen molar-refractivity contribution in [3.05, 3.63) is 0 Å². The summed E-state index contributed by atoms with van der Waals surface area (Å²) in [5.74, 6) is 3.50. The predicted molar refractivity (Wildman–Crippen MR) is 54.5 cm³/mol. The summed E-state index contributed by atoms with van der Waals surface area (Å²) in [6, 6.07) is 0. The lowest BCUT2D eigenvalue weighted by Gasteiger charge is -2.15. The second-order valence-corrected chi connectivity index (χ2v) is 4.63. The van der Waals surface area contributed by atoms with Gasteiger partial charge in [0.05, 0.1) is 5.75 Å². The van der Waals surface area contributed by atoms with E-state index in [2.05, 4.69) is 13.8 Å². The zero-order chi connectivity index (χ0) is 8.97. The van der Waals surface area contributed by atoms with Crippen LogP contribution in [0, 0.1) is 11.8 Å². The third kappa shape index (κ3) is 2.51. The van der Waals surface area contributed by atoms with E-state index >= 15 is 0 Å². The zero-order valence-corrected chi connectivity index (χ0v) is 8.82. The highest BCUT2D eigenvalue weighted by atomic mass is 32.2. The van der Waals surface area contributed by atoms with Gasteiger partial charge in [0.2, 0.25) is 0 Å². The first-order valence-electron chi connectivity index (χ1n) is 4.88. The van der Waals surface area contributed by atoms with Gasteiger partial charge in [-0.15, -0.1) is 0 Å². The maximum atomic E-state index is 11.3. The van der Waals surface area contributed by atoms with Crippen molar-refractivity contribution in [3.63, 3.8) is 0 Å². The van der Waals surface area contributed by atoms with Gasteiger partial charge < -0.3 is 0 Å². The Morgan fingerprint density at radius 1 is 1.50 bits per heavy atom. The first-order chi connectivity index (χ1) is 5.77. The Morgan fingerprint density at radius 3 is 2.58 bits per heavy atom. The molecule has 1 nitrogen and oxygen atoms in total. The van der Waals surface area contributed by atoms with Crippen molar-refractivity contribution in [1.29, 1.82) is 0 Å². The molecule has 0 saturated carbocycles. The number of carbonyl (C=O) groups excluding carboxylic acids is 1. The van der Waals surface area contributed by atoms with Crippen LogP contribution in [0.3, 0.4) is 0 Å². The summed E-state index contributed by atoms with van der Waals surface area (Å²) < 4.78 is 0. The summed E-state index contributed by atoms with van der Waals surface area (Å²) in [4.78, 5) is 11.3. The predicted octanol–water partition coefficient (Wildman–Crippen LogP) is 2.74. The van der Waals surface area contributed by atoms with Gasteiger partial charge in [-0.05, 0) is 12.3 Å². The maximum absolute atomic E-state index is 11.3. The van der Waals surface area contributed by atoms with Gasteiger partial charge in [0, 0.05) is 11.7 Å². The molecule has 1 unspecified atom stereocenters. The minimum Gasteiger partial charge on any atom is -0.298 e. The number of thioether (sulfide) groups is 1. The Balaban J connectivity index is 2.33. The summed E-state index contributed by atoms with van der Waals surface area (Å²) in [5.41, 5.74) is 0. The second-order valence-electron chi connectivity index (χ2n) is 3.60. The number of rotatable bonds is 4. The van der Waals surface area contributed by atoms with Crippen LogP contribution in [0.15, 0.2) is 0 Å². The monoisotopic (exact) mass is 186 g/mol. The molecule has 1 heterocycles. The Morgan fingerprint density at radius 2 is 2.17 bits per heavy atom. The van der Waals surface area contributed by atoms with Crippen LogP contribution in [0.5, 0.6) is 0 Å². The molecule has 0 radical (unpaired) electrons. The number of ketones is 1. The molecule has 0 N–H and O–H groups in total. The Kier molecular flexibility index (Phi) is 4.13. The van der Waals surface area contributed by atoms with Gasteiger partial charge in [0.1, 0.15) is 5.78 Å². The fourth-order valence-electron chi connectivity index (χ4n) is 1.74. The molecule has 1 atom stereocenters. The van der Waals surface area contributed by atoms with Crippen molar-refractivity contribution in [2.24, 2.45) is 11.8 Å². The average molecular weight is 186 g/mol. The first kappa shape index (κ1) is 10.1. The van der Waals surface area contributed by atoms with E-state index in [0.717, 1.165) is 23.8 Å². The van der Waals surface area contributed by atoms with E-state index in [1.54, 1.807) is 11.8 Å². The van der Waals surface area contributed by atoms with E-state index in [1.165, 1.54) is 12.8 Å². The van der Waals surface area contributed by atoms with Gasteiger partial charge in [0.15, 0.2) is 0 Å². The van der Waals surface area contributed by atoms with Crippen LogP contribution in [-0.4, -0.2) is 17.3 Å². The van der Waals surface area contributed by atoms with Crippen molar-refractivity contribution >= 4 is 17.5 Å². The lowest BCUT2D eigenvalue weighted by atomic mass is 9.90. The van der Waals surface area contributed by atoms with Crippen LogP contribution in [0.2, 0.25) is 0 Å². The Hall–Kier alpha value is 0.0200. The maximum Gasteiger partial charge on any atom is 0.146 e. The number of carbonyl (C=O) groups is 1. The number of hydrogen-bond donors (Lipinski definition) is 0. The van der Waals surface area contributed by atoms with E-state index < -0.39 is 0 Å². The highest BCUT2D eigenvalue weighted by Crippen LogP contribution is 2.28. The molecular formula is C10H18OS. The molecule has 0 aromatic rings. The summed E-state index contributed by atoms with van der Waals surface area (Å²) in [7, 11) is 0. The Labute approximate surface area is 79.3 Å². The van der Waals surface area contributed by atoms with Gasteiger partial charge in [-0.2, -0.15) is 11.8 Å². The molecule has 2 heteroatoms. The lowest BCUT2D eigenvalue weighted by Crippen LogP contribution is -2.15. The fraction of sp³-hybridized carbons (Fsp3) is 0.900. The number of hydrogen-bond acceptors (Lipinski definition) is 2. The highest BCUT2D eigenvalue weighted by Gasteiger charge is 2.26. The molecular weight excluding hydrogens is 168 g/mol. The second kappa shape index (κ2) is 4.90. The number of Topliss-reactive ketones (excluding diaryl/α,β-unsaturated/α-hetero) is 1. The van der Waals surface area contributed by atoms with Gasteiger partial charge in [-0.1, -0.05) is 26.7 Å². The van der Waals surface area contributed by atoms with E-state index in [4.69, 9.17) is 0 Å². The van der Waals surface area contributed by atoms with Crippen molar-refractivity contribution in [1.82, 2.24) is 0 Å². The van der Waals surface area contributed by atoms with Crippen LogP contribution in [-0.2, 0) is 4.79 Å². The molecule has 0 amide bonds. The molecule has 1 fully saturated rings. The van der Waals surface area contributed by atoms with E-state index in [9.17, 15) is 4.79 Å². The molecule has 0 bridgehead atoms. The average Bonchev–Trinajstić information content (AvgIpc) is 2.47. The summed E-state index contributed by atoms with van der Waals surface area (Å²) in [6.45, 7) is 4.45. The zero-order valence-electron chi connectivity index (χ0n) is 8.01.